The molecule has 0 unspecified atom stereocenters. The summed E-state index contributed by atoms with van der Waals surface area (Å²) in [7, 11) is -2.16. The summed E-state index contributed by atoms with van der Waals surface area (Å²) in [6.45, 7) is 4.56. The lowest BCUT2D eigenvalue weighted by Gasteiger charge is -2.31. The number of morpholine rings is 1. The highest BCUT2D eigenvalue weighted by atomic mass is 32.2. The van der Waals surface area contributed by atoms with Gasteiger partial charge in [0.05, 0.1) is 29.3 Å². The second-order valence-corrected chi connectivity index (χ2v) is 10.3. The largest absolute Gasteiger partial charge is 0.473 e. The summed E-state index contributed by atoms with van der Waals surface area (Å²) in [5.41, 5.74) is 2.93. The van der Waals surface area contributed by atoms with Gasteiger partial charge in [0.1, 0.15) is 12.7 Å². The Kier molecular flexibility index (Phi) is 6.77. The third-order valence-electron chi connectivity index (χ3n) is 5.71. The number of benzene rings is 1. The third-order valence-corrected chi connectivity index (χ3v) is 7.24. The standard InChI is InChI=1S/C23H26N6O4S/c1-23(2,15-24)17-6-4-16(5-7-17)19-12-20-21(27-9-8-26-20)22(28-19)33-14-18-13-29(10-11-32-18)34(30,31)25-3/h4-9,12,18,25H,10-11,13-14H2,1-3H3/t18-/m0/s1. The summed E-state index contributed by atoms with van der Waals surface area (Å²) in [6.07, 6.45) is 2.70. The number of hydrogen-bond donors (Lipinski definition) is 1. The van der Waals surface area contributed by atoms with E-state index in [2.05, 4.69) is 25.7 Å². The van der Waals surface area contributed by atoms with Crippen molar-refractivity contribution >= 4 is 21.2 Å². The molecular weight excluding hydrogens is 456 g/mol. The normalized spacial score (nSPS) is 17.4. The van der Waals surface area contributed by atoms with Crippen molar-refractivity contribution < 1.29 is 17.9 Å². The molecule has 3 heterocycles. The van der Waals surface area contributed by atoms with E-state index in [0.717, 1.165) is 11.1 Å². The number of nitrogens with one attached hydrogen (secondary N) is 1. The van der Waals surface area contributed by atoms with Crippen LogP contribution >= 0.6 is 0 Å². The van der Waals surface area contributed by atoms with Crippen LogP contribution in [0.5, 0.6) is 5.88 Å². The molecule has 3 aromatic rings. The first-order valence-corrected chi connectivity index (χ1v) is 12.2. The highest BCUT2D eigenvalue weighted by molar-refractivity contribution is 7.87. The van der Waals surface area contributed by atoms with Crippen LogP contribution in [0.4, 0.5) is 0 Å². The average molecular weight is 483 g/mol. The van der Waals surface area contributed by atoms with E-state index in [4.69, 9.17) is 9.47 Å². The molecule has 34 heavy (non-hydrogen) atoms. The minimum Gasteiger partial charge on any atom is -0.473 e. The Morgan fingerprint density at radius 1 is 1.26 bits per heavy atom. The van der Waals surface area contributed by atoms with Gasteiger partial charge in [-0.3, -0.25) is 4.98 Å². The predicted molar refractivity (Wildman–Crippen MR) is 126 cm³/mol. The zero-order chi connectivity index (χ0) is 24.3. The maximum absolute atomic E-state index is 12.1. The molecule has 10 nitrogen and oxygen atoms in total. The lowest BCUT2D eigenvalue weighted by atomic mass is 9.86. The van der Waals surface area contributed by atoms with Crippen LogP contribution in [0.3, 0.4) is 0 Å². The Hall–Kier alpha value is -3.17. The van der Waals surface area contributed by atoms with Gasteiger partial charge in [0.2, 0.25) is 5.88 Å². The molecule has 0 aliphatic carbocycles. The van der Waals surface area contributed by atoms with Crippen LogP contribution < -0.4 is 9.46 Å². The molecule has 1 fully saturated rings. The zero-order valence-electron chi connectivity index (χ0n) is 19.2. The Bertz CT molecular complexity index is 1320. The smallest absolute Gasteiger partial charge is 0.279 e. The van der Waals surface area contributed by atoms with Gasteiger partial charge in [-0.25, -0.2) is 14.7 Å². The fourth-order valence-electron chi connectivity index (χ4n) is 3.63. The van der Waals surface area contributed by atoms with Gasteiger partial charge in [0.25, 0.3) is 10.2 Å². The summed E-state index contributed by atoms with van der Waals surface area (Å²) in [5, 5.41) is 9.39. The number of ether oxygens (including phenoxy) is 2. The quantitative estimate of drug-likeness (QED) is 0.541. The minimum atomic E-state index is -3.54. The highest BCUT2D eigenvalue weighted by Gasteiger charge is 2.29. The van der Waals surface area contributed by atoms with Crippen LogP contribution in [0.25, 0.3) is 22.3 Å². The number of fused-ring (bicyclic) bond motifs is 1. The first-order chi connectivity index (χ1) is 16.2. The summed E-state index contributed by atoms with van der Waals surface area (Å²) >= 11 is 0. The van der Waals surface area contributed by atoms with Gasteiger partial charge in [0, 0.05) is 38.1 Å². The van der Waals surface area contributed by atoms with Crippen LogP contribution in [0.15, 0.2) is 42.7 Å². The van der Waals surface area contributed by atoms with E-state index in [-0.39, 0.29) is 26.3 Å². The topological polar surface area (TPSA) is 130 Å². The second-order valence-electron chi connectivity index (χ2n) is 8.42. The van der Waals surface area contributed by atoms with E-state index in [1.807, 2.05) is 44.2 Å². The van der Waals surface area contributed by atoms with Gasteiger partial charge in [0.15, 0.2) is 5.52 Å². The van der Waals surface area contributed by atoms with Crippen molar-refractivity contribution in [1.29, 1.82) is 5.26 Å². The molecule has 0 bridgehead atoms. The first-order valence-electron chi connectivity index (χ1n) is 10.8. The number of rotatable bonds is 7. The van der Waals surface area contributed by atoms with E-state index in [1.54, 1.807) is 12.4 Å². The van der Waals surface area contributed by atoms with Gasteiger partial charge in [-0.05, 0) is 25.5 Å². The summed E-state index contributed by atoms with van der Waals surface area (Å²) in [4.78, 5) is 13.4. The minimum absolute atomic E-state index is 0.104. The van der Waals surface area contributed by atoms with Crippen LogP contribution in [0.1, 0.15) is 19.4 Å². The molecule has 1 aliphatic heterocycles. The SMILES string of the molecule is CNS(=O)(=O)N1CCO[C@H](COc2nc(-c3ccc(C(C)(C)C#N)cc3)cc3nccnc23)C1. The maximum Gasteiger partial charge on any atom is 0.279 e. The van der Waals surface area contributed by atoms with Crippen LogP contribution in [0, 0.1) is 11.3 Å². The monoisotopic (exact) mass is 482 g/mol. The molecule has 1 N–H and O–H groups in total. The fraction of sp³-hybridized carbons (Fsp3) is 0.391. The molecule has 4 rings (SSSR count). The van der Waals surface area contributed by atoms with Crippen molar-refractivity contribution in [3.05, 3.63) is 48.3 Å². The van der Waals surface area contributed by atoms with Crippen molar-refractivity contribution in [1.82, 2.24) is 24.0 Å². The first kappa shape index (κ1) is 24.0. The van der Waals surface area contributed by atoms with Crippen molar-refractivity contribution in [2.45, 2.75) is 25.4 Å². The van der Waals surface area contributed by atoms with Crippen molar-refractivity contribution in [2.24, 2.45) is 0 Å². The number of hydrogen-bond acceptors (Lipinski definition) is 8. The molecule has 2 aromatic heterocycles. The molecule has 0 amide bonds. The summed E-state index contributed by atoms with van der Waals surface area (Å²) in [5.74, 6) is 0.291. The second kappa shape index (κ2) is 9.60. The molecule has 0 saturated carbocycles. The Balaban J connectivity index is 1.59. The summed E-state index contributed by atoms with van der Waals surface area (Å²) in [6, 6.07) is 11.8. The predicted octanol–water partition coefficient (Wildman–Crippen LogP) is 2.04. The number of nitrogens with zero attached hydrogens (tertiary/aromatic N) is 5. The number of nitriles is 1. The third kappa shape index (κ3) is 5.00. The zero-order valence-corrected chi connectivity index (χ0v) is 20.0. The lowest BCUT2D eigenvalue weighted by Crippen LogP contribution is -2.50. The van der Waals surface area contributed by atoms with Gasteiger partial charge in [-0.1, -0.05) is 24.3 Å². The number of aromatic nitrogens is 3. The van der Waals surface area contributed by atoms with Gasteiger partial charge >= 0.3 is 0 Å². The van der Waals surface area contributed by atoms with Gasteiger partial charge in [-0.2, -0.15) is 18.0 Å². The Morgan fingerprint density at radius 2 is 2.00 bits per heavy atom. The van der Waals surface area contributed by atoms with Gasteiger partial charge < -0.3 is 9.47 Å². The molecule has 11 heteroatoms. The van der Waals surface area contributed by atoms with E-state index in [0.29, 0.717) is 22.6 Å². The molecule has 1 saturated heterocycles. The number of pyridine rings is 1. The molecule has 0 spiro atoms. The molecule has 1 aromatic carbocycles. The van der Waals surface area contributed by atoms with Crippen molar-refractivity contribution in [3.63, 3.8) is 0 Å². The molecule has 178 valence electrons. The fourth-order valence-corrected chi connectivity index (χ4v) is 4.56. The van der Waals surface area contributed by atoms with Crippen LogP contribution in [0.2, 0.25) is 0 Å². The Labute approximate surface area is 198 Å². The average Bonchev–Trinajstić information content (AvgIpc) is 2.87. The lowest BCUT2D eigenvalue weighted by molar-refractivity contribution is -0.0256. The maximum atomic E-state index is 12.1. The molecular formula is C23H26N6O4S. The van der Waals surface area contributed by atoms with E-state index in [9.17, 15) is 13.7 Å². The van der Waals surface area contributed by atoms with Crippen LogP contribution in [-0.2, 0) is 20.4 Å². The van der Waals surface area contributed by atoms with Crippen LogP contribution in [-0.4, -0.2) is 67.1 Å². The molecule has 1 atom stereocenters. The van der Waals surface area contributed by atoms with E-state index >= 15 is 0 Å². The Morgan fingerprint density at radius 3 is 2.71 bits per heavy atom. The van der Waals surface area contributed by atoms with Gasteiger partial charge in [-0.15, -0.1) is 0 Å². The van der Waals surface area contributed by atoms with E-state index < -0.39 is 21.7 Å². The van der Waals surface area contributed by atoms with E-state index in [1.165, 1.54) is 11.4 Å². The highest BCUT2D eigenvalue weighted by Crippen LogP contribution is 2.29. The van der Waals surface area contributed by atoms with Crippen molar-refractivity contribution in [2.75, 3.05) is 33.4 Å². The van der Waals surface area contributed by atoms with Crippen molar-refractivity contribution in [3.8, 4) is 23.2 Å². The summed E-state index contributed by atoms with van der Waals surface area (Å²) < 4.78 is 39.6. The molecule has 1 aliphatic rings. The molecule has 0 radical (unpaired) electrons.